The molecule has 1 aliphatic rings. The van der Waals surface area contributed by atoms with Gasteiger partial charge in [0.1, 0.15) is 5.01 Å². The maximum Gasteiger partial charge on any atom is 0.338 e. The van der Waals surface area contributed by atoms with E-state index in [9.17, 15) is 9.59 Å². The fourth-order valence-corrected chi connectivity index (χ4v) is 4.74. The van der Waals surface area contributed by atoms with Gasteiger partial charge in [0.2, 0.25) is 5.91 Å². The number of carbonyl (C=O) groups excluding carboxylic acids is 2. The number of hydrogen-bond acceptors (Lipinski definition) is 7. The first-order valence-electron chi connectivity index (χ1n) is 12.0. The summed E-state index contributed by atoms with van der Waals surface area (Å²) in [6.07, 6.45) is 0.932. The van der Waals surface area contributed by atoms with Gasteiger partial charge in [-0.2, -0.15) is 0 Å². The largest absolute Gasteiger partial charge is 0.462 e. The molecular weight excluding hydrogens is 460 g/mol. The zero-order chi connectivity index (χ0) is 24.6. The van der Waals surface area contributed by atoms with Crippen LogP contribution in [-0.4, -0.2) is 66.5 Å². The maximum absolute atomic E-state index is 12.6. The molecule has 0 unspecified atom stereocenters. The van der Waals surface area contributed by atoms with E-state index in [0.717, 1.165) is 55.4 Å². The van der Waals surface area contributed by atoms with Gasteiger partial charge in [-0.05, 0) is 37.2 Å². The number of thiazole rings is 1. The van der Waals surface area contributed by atoms with Gasteiger partial charge in [-0.3, -0.25) is 9.69 Å². The van der Waals surface area contributed by atoms with E-state index >= 15 is 0 Å². The van der Waals surface area contributed by atoms with Crippen molar-refractivity contribution in [1.29, 1.82) is 0 Å². The number of carbonyl (C=O) groups is 2. The molecule has 8 heteroatoms. The molecule has 1 amide bonds. The molecule has 0 bridgehead atoms. The van der Waals surface area contributed by atoms with Crippen LogP contribution in [0.2, 0.25) is 0 Å². The predicted molar refractivity (Wildman–Crippen MR) is 140 cm³/mol. The number of aromatic nitrogens is 1. The molecule has 1 saturated heterocycles. The fourth-order valence-electron chi connectivity index (χ4n) is 3.91. The fraction of sp³-hybridized carbons (Fsp3) is 0.370. The molecule has 184 valence electrons. The lowest BCUT2D eigenvalue weighted by atomic mass is 10.1. The number of amides is 1. The normalized spacial score (nSPS) is 14.6. The van der Waals surface area contributed by atoms with Gasteiger partial charge in [0.05, 0.1) is 24.3 Å². The Hall–Kier alpha value is -3.07. The Morgan fingerprint density at radius 2 is 1.86 bits per heavy atom. The first kappa shape index (κ1) is 25.0. The molecule has 1 aliphatic heterocycles. The van der Waals surface area contributed by atoms with E-state index in [4.69, 9.17) is 4.74 Å². The molecule has 0 radical (unpaired) electrons. The molecule has 0 aliphatic carbocycles. The summed E-state index contributed by atoms with van der Waals surface area (Å²) in [5.41, 5.74) is 4.07. The van der Waals surface area contributed by atoms with Gasteiger partial charge in [0, 0.05) is 49.4 Å². The van der Waals surface area contributed by atoms with Gasteiger partial charge in [0.25, 0.3) is 0 Å². The Bertz CT molecular complexity index is 1140. The summed E-state index contributed by atoms with van der Waals surface area (Å²) in [5, 5.41) is 5.67. The molecule has 1 aromatic heterocycles. The summed E-state index contributed by atoms with van der Waals surface area (Å²) in [4.78, 5) is 34.1. The Balaban J connectivity index is 1.31. The lowest BCUT2D eigenvalue weighted by molar-refractivity contribution is -0.115. The van der Waals surface area contributed by atoms with E-state index in [1.807, 2.05) is 12.3 Å². The van der Waals surface area contributed by atoms with Crippen molar-refractivity contribution in [2.75, 3.05) is 45.2 Å². The first-order valence-corrected chi connectivity index (χ1v) is 12.9. The summed E-state index contributed by atoms with van der Waals surface area (Å²) in [6, 6.07) is 15.3. The molecule has 1 N–H and O–H groups in total. The summed E-state index contributed by atoms with van der Waals surface area (Å²) in [5.74, 6) is -0.565. The molecule has 7 nitrogen and oxygen atoms in total. The number of hydrogen-bond donors (Lipinski definition) is 1. The van der Waals surface area contributed by atoms with Gasteiger partial charge < -0.3 is 15.0 Å². The Morgan fingerprint density at radius 1 is 1.09 bits per heavy atom. The number of esters is 1. The number of rotatable bonds is 9. The van der Waals surface area contributed by atoms with Crippen LogP contribution < -0.4 is 5.32 Å². The third-order valence-corrected chi connectivity index (χ3v) is 6.86. The van der Waals surface area contributed by atoms with Gasteiger partial charge in [0.15, 0.2) is 0 Å². The predicted octanol–water partition coefficient (Wildman–Crippen LogP) is 4.31. The minimum absolute atomic E-state index is 0.169. The zero-order valence-corrected chi connectivity index (χ0v) is 21.1. The number of likely N-dealkylation sites (N-methyl/N-ethyl adjacent to an activating group) is 1. The van der Waals surface area contributed by atoms with Crippen molar-refractivity contribution < 1.29 is 14.3 Å². The number of benzene rings is 2. The lowest BCUT2D eigenvalue weighted by Gasteiger charge is -2.32. The average Bonchev–Trinajstić information content (AvgIpc) is 3.32. The Morgan fingerprint density at radius 3 is 2.60 bits per heavy atom. The van der Waals surface area contributed by atoms with Gasteiger partial charge in [-0.1, -0.05) is 37.3 Å². The summed E-state index contributed by atoms with van der Waals surface area (Å²) < 4.78 is 5.16. The van der Waals surface area contributed by atoms with Crippen LogP contribution in [-0.2, 0) is 22.5 Å². The van der Waals surface area contributed by atoms with Crippen LogP contribution in [0.25, 0.3) is 10.6 Å². The van der Waals surface area contributed by atoms with Crippen LogP contribution in [0.4, 0.5) is 5.69 Å². The standard InChI is InChI=1S/C27H32N4O3S/c1-3-15-34-27(33)22-5-4-6-23(16-22)28-25(32)17-24-19-35-26(29-24)21-9-7-20(8-10-21)18-31-13-11-30(2)12-14-31/h4-10,16,19H,3,11-15,17-18H2,1-2H3,(H,28,32). The third kappa shape index (κ3) is 7.21. The van der Waals surface area contributed by atoms with Gasteiger partial charge in [-0.25, -0.2) is 9.78 Å². The molecule has 0 spiro atoms. The van der Waals surface area contributed by atoms with E-state index < -0.39 is 0 Å². The van der Waals surface area contributed by atoms with Crippen LogP contribution >= 0.6 is 11.3 Å². The van der Waals surface area contributed by atoms with Crippen LogP contribution in [0, 0.1) is 0 Å². The van der Waals surface area contributed by atoms with Crippen molar-refractivity contribution in [3.05, 3.63) is 70.7 Å². The van der Waals surface area contributed by atoms with E-state index in [2.05, 4.69) is 51.4 Å². The highest BCUT2D eigenvalue weighted by Gasteiger charge is 2.15. The lowest BCUT2D eigenvalue weighted by Crippen LogP contribution is -2.43. The molecule has 4 rings (SSSR count). The van der Waals surface area contributed by atoms with Crippen LogP contribution in [0.15, 0.2) is 53.9 Å². The van der Waals surface area contributed by atoms with Crippen molar-refractivity contribution in [1.82, 2.24) is 14.8 Å². The van der Waals surface area contributed by atoms with Crippen molar-refractivity contribution in [3.8, 4) is 10.6 Å². The molecule has 1 fully saturated rings. The van der Waals surface area contributed by atoms with Crippen molar-refractivity contribution in [2.45, 2.75) is 26.3 Å². The highest BCUT2D eigenvalue weighted by molar-refractivity contribution is 7.13. The van der Waals surface area contributed by atoms with E-state index in [-0.39, 0.29) is 18.3 Å². The van der Waals surface area contributed by atoms with Crippen molar-refractivity contribution in [3.63, 3.8) is 0 Å². The summed E-state index contributed by atoms with van der Waals surface area (Å²) in [7, 11) is 2.17. The van der Waals surface area contributed by atoms with E-state index in [0.29, 0.717) is 17.9 Å². The van der Waals surface area contributed by atoms with E-state index in [1.54, 1.807) is 24.3 Å². The second kappa shape index (κ2) is 12.1. The number of piperazine rings is 1. The third-order valence-electron chi connectivity index (χ3n) is 5.92. The monoisotopic (exact) mass is 492 g/mol. The van der Waals surface area contributed by atoms with Gasteiger partial charge >= 0.3 is 5.97 Å². The second-order valence-corrected chi connectivity index (χ2v) is 9.72. The Labute approximate surface area is 210 Å². The first-order chi connectivity index (χ1) is 17.0. The number of nitrogens with one attached hydrogen (secondary N) is 1. The SMILES string of the molecule is CCCOC(=O)c1cccc(NC(=O)Cc2csc(-c3ccc(CN4CCN(C)CC4)cc3)n2)c1. The molecule has 2 aromatic carbocycles. The highest BCUT2D eigenvalue weighted by atomic mass is 32.1. The molecule has 35 heavy (non-hydrogen) atoms. The van der Waals surface area contributed by atoms with Crippen LogP contribution in [0.3, 0.4) is 0 Å². The number of ether oxygens (including phenoxy) is 1. The van der Waals surface area contributed by atoms with Crippen LogP contribution in [0.5, 0.6) is 0 Å². The molecule has 3 aromatic rings. The van der Waals surface area contributed by atoms with Crippen LogP contribution in [0.1, 0.15) is 35.0 Å². The van der Waals surface area contributed by atoms with Crippen molar-refractivity contribution >= 4 is 28.9 Å². The molecule has 0 saturated carbocycles. The quantitative estimate of drug-likeness (QED) is 0.449. The Kier molecular flexibility index (Phi) is 8.63. The number of nitrogens with zero attached hydrogens (tertiary/aromatic N) is 3. The van der Waals surface area contributed by atoms with Crippen molar-refractivity contribution in [2.24, 2.45) is 0 Å². The van der Waals surface area contributed by atoms with Gasteiger partial charge in [-0.15, -0.1) is 11.3 Å². The number of anilines is 1. The topological polar surface area (TPSA) is 74.8 Å². The molecule has 0 atom stereocenters. The smallest absolute Gasteiger partial charge is 0.338 e. The summed E-state index contributed by atoms with van der Waals surface area (Å²) >= 11 is 1.54. The minimum atomic E-state index is -0.387. The minimum Gasteiger partial charge on any atom is -0.462 e. The zero-order valence-electron chi connectivity index (χ0n) is 20.3. The maximum atomic E-state index is 12.6. The van der Waals surface area contributed by atoms with E-state index in [1.165, 1.54) is 16.9 Å². The second-order valence-electron chi connectivity index (χ2n) is 8.86. The average molecular weight is 493 g/mol. The molecule has 2 heterocycles. The summed E-state index contributed by atoms with van der Waals surface area (Å²) in [6.45, 7) is 7.72. The highest BCUT2D eigenvalue weighted by Crippen LogP contribution is 2.25. The molecular formula is C27H32N4O3S.